The molecule has 0 fully saturated rings. The lowest BCUT2D eigenvalue weighted by Gasteiger charge is -2.11. The smallest absolute Gasteiger partial charge is 0.123 e. The predicted octanol–water partition coefficient (Wildman–Crippen LogP) is 4.36. The Morgan fingerprint density at radius 2 is 1.80 bits per heavy atom. The average Bonchev–Trinajstić information content (AvgIpc) is 2.20. The number of hydrogen-bond donors (Lipinski definition) is 0. The summed E-state index contributed by atoms with van der Waals surface area (Å²) >= 11 is 1.71. The van der Waals surface area contributed by atoms with E-state index in [2.05, 4.69) is 12.7 Å². The third-order valence-electron chi connectivity index (χ3n) is 2.26. The van der Waals surface area contributed by atoms with Gasteiger partial charge in [-0.3, -0.25) is 0 Å². The highest BCUT2D eigenvalue weighted by Gasteiger charge is 2.07. The first-order valence-corrected chi connectivity index (χ1v) is 5.56. The van der Waals surface area contributed by atoms with E-state index in [1.54, 1.807) is 23.9 Å². The van der Waals surface area contributed by atoms with Gasteiger partial charge in [-0.15, -0.1) is 5.73 Å². The third-order valence-corrected chi connectivity index (χ3v) is 3.21. The number of benzene rings is 1. The number of thioether (sulfide) groups is 1. The van der Waals surface area contributed by atoms with Gasteiger partial charge < -0.3 is 0 Å². The summed E-state index contributed by atoms with van der Waals surface area (Å²) in [4.78, 5) is 2.40. The summed E-state index contributed by atoms with van der Waals surface area (Å²) in [7, 11) is 0. The number of allylic oxidation sites excluding steroid dienone is 3. The van der Waals surface area contributed by atoms with Crippen LogP contribution in [0.3, 0.4) is 0 Å². The van der Waals surface area contributed by atoms with Crippen molar-refractivity contribution in [1.29, 1.82) is 0 Å². The maximum Gasteiger partial charge on any atom is 0.123 e. The van der Waals surface area contributed by atoms with Crippen LogP contribution in [-0.2, 0) is 0 Å². The van der Waals surface area contributed by atoms with Crippen LogP contribution in [-0.4, -0.2) is 0 Å². The molecule has 15 heavy (non-hydrogen) atoms. The van der Waals surface area contributed by atoms with Crippen molar-refractivity contribution in [2.24, 2.45) is 0 Å². The van der Waals surface area contributed by atoms with Crippen LogP contribution in [0.1, 0.15) is 19.4 Å². The molecular weight excluding hydrogens is 207 g/mol. The quantitative estimate of drug-likeness (QED) is 0.631. The minimum atomic E-state index is -0.198. The molecule has 1 aromatic rings. The van der Waals surface area contributed by atoms with Gasteiger partial charge in [0.2, 0.25) is 0 Å². The molecule has 0 unspecified atom stereocenters. The van der Waals surface area contributed by atoms with Gasteiger partial charge in [-0.25, -0.2) is 4.39 Å². The van der Waals surface area contributed by atoms with Gasteiger partial charge in [-0.2, -0.15) is 0 Å². The second kappa shape index (κ2) is 4.09. The van der Waals surface area contributed by atoms with Crippen molar-refractivity contribution in [3.63, 3.8) is 0 Å². The fourth-order valence-corrected chi connectivity index (χ4v) is 2.37. The van der Waals surface area contributed by atoms with Crippen LogP contribution in [0.25, 0.3) is 5.57 Å². The van der Waals surface area contributed by atoms with E-state index in [-0.39, 0.29) is 5.82 Å². The molecule has 2 rings (SSSR count). The third kappa shape index (κ3) is 2.23. The van der Waals surface area contributed by atoms with Gasteiger partial charge in [0.15, 0.2) is 0 Å². The molecule has 0 aromatic heterocycles. The summed E-state index contributed by atoms with van der Waals surface area (Å²) in [5.74, 6) is -0.198. The predicted molar refractivity (Wildman–Crippen MR) is 63.9 cm³/mol. The van der Waals surface area contributed by atoms with Crippen molar-refractivity contribution in [2.45, 2.75) is 13.8 Å². The van der Waals surface area contributed by atoms with Crippen LogP contribution >= 0.6 is 11.8 Å². The second-order valence-electron chi connectivity index (χ2n) is 3.42. The van der Waals surface area contributed by atoms with E-state index >= 15 is 0 Å². The molecule has 0 amide bonds. The average molecular weight is 218 g/mol. The minimum Gasteiger partial charge on any atom is -0.207 e. The van der Waals surface area contributed by atoms with E-state index in [1.165, 1.54) is 21.9 Å². The molecule has 1 aromatic carbocycles. The van der Waals surface area contributed by atoms with Gasteiger partial charge in [-0.1, -0.05) is 23.9 Å². The first kappa shape index (κ1) is 10.3. The van der Waals surface area contributed by atoms with Crippen molar-refractivity contribution in [3.05, 3.63) is 57.3 Å². The molecule has 0 bridgehead atoms. The molecule has 0 atom stereocenters. The van der Waals surface area contributed by atoms with E-state index in [4.69, 9.17) is 0 Å². The monoisotopic (exact) mass is 218 g/mol. The van der Waals surface area contributed by atoms with E-state index in [1.807, 2.05) is 13.0 Å². The van der Waals surface area contributed by atoms with Gasteiger partial charge in [0.25, 0.3) is 0 Å². The molecule has 1 aliphatic heterocycles. The summed E-state index contributed by atoms with van der Waals surface area (Å²) in [5.41, 5.74) is 5.35. The maximum absolute atomic E-state index is 12.8. The van der Waals surface area contributed by atoms with Crippen molar-refractivity contribution < 1.29 is 4.39 Å². The topological polar surface area (TPSA) is 0 Å². The van der Waals surface area contributed by atoms with E-state index in [0.29, 0.717) is 0 Å². The van der Waals surface area contributed by atoms with Crippen LogP contribution in [0.15, 0.2) is 45.9 Å². The molecule has 0 spiro atoms. The molecule has 76 valence electrons. The highest BCUT2D eigenvalue weighted by Crippen LogP contribution is 2.34. The lowest BCUT2D eigenvalue weighted by atomic mass is 10.1. The van der Waals surface area contributed by atoms with Gasteiger partial charge in [0, 0.05) is 4.91 Å². The zero-order chi connectivity index (χ0) is 10.8. The zero-order valence-corrected chi connectivity index (χ0v) is 9.49. The highest BCUT2D eigenvalue weighted by molar-refractivity contribution is 8.06. The Bertz CT molecular complexity index is 474. The minimum absolute atomic E-state index is 0.198. The Balaban J connectivity index is 2.44. The number of halogens is 1. The van der Waals surface area contributed by atoms with E-state index in [0.717, 1.165) is 11.1 Å². The molecule has 0 N–H and O–H groups in total. The molecule has 0 nitrogen and oxygen atoms in total. The molecule has 2 heteroatoms. The molecular formula is C13H11FS. The van der Waals surface area contributed by atoms with Gasteiger partial charge >= 0.3 is 0 Å². The lowest BCUT2D eigenvalue weighted by molar-refractivity contribution is 0.627. The molecule has 1 aliphatic rings. The summed E-state index contributed by atoms with van der Waals surface area (Å²) in [6.07, 6.45) is 1.97. The van der Waals surface area contributed by atoms with Crippen molar-refractivity contribution in [3.8, 4) is 0 Å². The standard InChI is InChI=1S/C13H11FS/c1-9-3-8-13(10(2)15-9)11-4-6-12(14)7-5-11/h4-8H,1-2H3. The number of hydrogen-bond acceptors (Lipinski definition) is 1. The molecule has 0 saturated carbocycles. The molecule has 0 aliphatic carbocycles. The summed E-state index contributed by atoms with van der Waals surface area (Å²) in [5, 5.41) is 0. The Hall–Kier alpha value is -1.24. The summed E-state index contributed by atoms with van der Waals surface area (Å²) in [6, 6.07) is 6.57. The first-order valence-electron chi connectivity index (χ1n) is 4.75. The normalized spacial score (nSPS) is 15.5. The largest absolute Gasteiger partial charge is 0.207 e. The van der Waals surface area contributed by atoms with Crippen LogP contribution in [0.4, 0.5) is 4.39 Å². The Morgan fingerprint density at radius 3 is 2.40 bits per heavy atom. The summed E-state index contributed by atoms with van der Waals surface area (Å²) < 4.78 is 12.8. The Morgan fingerprint density at radius 1 is 1.13 bits per heavy atom. The van der Waals surface area contributed by atoms with E-state index in [9.17, 15) is 4.39 Å². The fourth-order valence-electron chi connectivity index (χ4n) is 1.51. The Labute approximate surface area is 93.2 Å². The number of rotatable bonds is 1. The van der Waals surface area contributed by atoms with Crippen molar-refractivity contribution in [2.75, 3.05) is 0 Å². The highest BCUT2D eigenvalue weighted by atomic mass is 32.2. The van der Waals surface area contributed by atoms with E-state index < -0.39 is 0 Å². The summed E-state index contributed by atoms with van der Waals surface area (Å²) in [6.45, 7) is 4.11. The van der Waals surface area contributed by atoms with Crippen LogP contribution < -0.4 is 0 Å². The van der Waals surface area contributed by atoms with Crippen LogP contribution in [0.5, 0.6) is 0 Å². The van der Waals surface area contributed by atoms with Gasteiger partial charge in [-0.05, 0) is 48.1 Å². The lowest BCUT2D eigenvalue weighted by Crippen LogP contribution is -1.87. The molecule has 1 heterocycles. The molecule has 0 saturated heterocycles. The van der Waals surface area contributed by atoms with Gasteiger partial charge in [0.05, 0.1) is 0 Å². The van der Waals surface area contributed by atoms with Crippen molar-refractivity contribution in [1.82, 2.24) is 0 Å². The van der Waals surface area contributed by atoms with Crippen LogP contribution in [0.2, 0.25) is 0 Å². The first-order chi connectivity index (χ1) is 7.16. The Kier molecular flexibility index (Phi) is 2.81. The van der Waals surface area contributed by atoms with Crippen molar-refractivity contribution >= 4 is 17.3 Å². The maximum atomic E-state index is 12.8. The van der Waals surface area contributed by atoms with Gasteiger partial charge in [0.1, 0.15) is 5.82 Å². The van der Waals surface area contributed by atoms with Crippen LogP contribution in [0, 0.1) is 5.82 Å². The molecule has 0 radical (unpaired) electrons. The fraction of sp³-hybridized carbons (Fsp3) is 0.154. The SMILES string of the molecule is CC1=C=CC(c2ccc(F)cc2)=C(C)S1. The second-order valence-corrected chi connectivity index (χ2v) is 4.85. The zero-order valence-electron chi connectivity index (χ0n) is 8.67.